The number of nitrogens with zero attached hydrogens (tertiary/aromatic N) is 7. The lowest BCUT2D eigenvalue weighted by molar-refractivity contribution is -0.134. The van der Waals surface area contributed by atoms with Crippen LogP contribution >= 0.6 is 0 Å². The summed E-state index contributed by atoms with van der Waals surface area (Å²) in [5.74, 6) is -1.85. The zero-order valence-corrected chi connectivity index (χ0v) is 31.4. The Morgan fingerprint density at radius 1 is 0.893 bits per heavy atom. The van der Waals surface area contributed by atoms with E-state index in [1.54, 1.807) is 12.1 Å². The number of hydrogen-bond acceptors (Lipinski definition) is 11. The molecule has 0 unspecified atom stereocenters. The number of carbonyl (C=O) groups is 4. The van der Waals surface area contributed by atoms with Gasteiger partial charge >= 0.3 is 0 Å². The minimum absolute atomic E-state index is 0.0292. The lowest BCUT2D eigenvalue weighted by Crippen LogP contribution is -2.52. The van der Waals surface area contributed by atoms with Gasteiger partial charge in [-0.1, -0.05) is 0 Å². The molecule has 4 fully saturated rings. The number of likely N-dealkylation sites (tertiary alicyclic amines) is 1. The predicted octanol–water partition coefficient (Wildman–Crippen LogP) is 3.88. The Balaban J connectivity index is 0.846. The van der Waals surface area contributed by atoms with Gasteiger partial charge in [0, 0.05) is 75.7 Å². The number of benzene rings is 2. The van der Waals surface area contributed by atoms with Crippen LogP contribution in [0.5, 0.6) is 0 Å². The SMILES string of the molecule is Nc1ccnc(C(=O)Nc2cc3cn(C4CCN(CC5CCN(c6ccc(C(=O)N[C@H]7CCC(=O)NC7=O)c(F)c6)CC5)CC4)nc3cc2N2CCCCC2)n1. The number of aromatic nitrogens is 4. The topological polar surface area (TPSA) is 184 Å². The van der Waals surface area contributed by atoms with Gasteiger partial charge in [-0.2, -0.15) is 5.10 Å². The second-order valence-electron chi connectivity index (χ2n) is 15.4. The normalized spacial score (nSPS) is 20.3. The van der Waals surface area contributed by atoms with Gasteiger partial charge in [0.15, 0.2) is 0 Å². The van der Waals surface area contributed by atoms with Crippen molar-refractivity contribution in [1.82, 2.24) is 35.3 Å². The molecule has 4 amide bonds. The molecule has 0 aliphatic carbocycles. The van der Waals surface area contributed by atoms with Gasteiger partial charge in [0.2, 0.25) is 17.6 Å². The van der Waals surface area contributed by atoms with Crippen LogP contribution < -0.4 is 31.5 Å². The molecule has 8 rings (SSSR count). The highest BCUT2D eigenvalue weighted by Crippen LogP contribution is 2.35. The summed E-state index contributed by atoms with van der Waals surface area (Å²) >= 11 is 0. The van der Waals surface area contributed by atoms with E-state index in [-0.39, 0.29) is 42.0 Å². The van der Waals surface area contributed by atoms with Crippen LogP contribution in [-0.2, 0) is 9.59 Å². The highest BCUT2D eigenvalue weighted by molar-refractivity contribution is 6.06. The van der Waals surface area contributed by atoms with Crippen LogP contribution in [-0.4, -0.2) is 100 Å². The third-order valence-electron chi connectivity index (χ3n) is 11.6. The van der Waals surface area contributed by atoms with Crippen molar-refractivity contribution < 1.29 is 23.6 Å². The molecule has 294 valence electrons. The van der Waals surface area contributed by atoms with Crippen molar-refractivity contribution in [3.8, 4) is 0 Å². The predicted molar refractivity (Wildman–Crippen MR) is 210 cm³/mol. The molecule has 16 heteroatoms. The Morgan fingerprint density at radius 3 is 2.41 bits per heavy atom. The zero-order valence-electron chi connectivity index (χ0n) is 31.4. The third kappa shape index (κ3) is 8.29. The largest absolute Gasteiger partial charge is 0.384 e. The summed E-state index contributed by atoms with van der Waals surface area (Å²) in [6.07, 6.45) is 11.3. The number of amides is 4. The van der Waals surface area contributed by atoms with Gasteiger partial charge in [-0.3, -0.25) is 29.2 Å². The zero-order chi connectivity index (χ0) is 38.8. The molecule has 5 N–H and O–H groups in total. The monoisotopic (exact) mass is 765 g/mol. The van der Waals surface area contributed by atoms with Crippen molar-refractivity contribution in [1.29, 1.82) is 0 Å². The van der Waals surface area contributed by atoms with Crippen molar-refractivity contribution >= 4 is 57.4 Å². The molecule has 0 spiro atoms. The first kappa shape index (κ1) is 37.3. The van der Waals surface area contributed by atoms with Crippen LogP contribution in [0.15, 0.2) is 48.8 Å². The maximum atomic E-state index is 15.1. The smallest absolute Gasteiger partial charge is 0.293 e. The Labute approximate surface area is 324 Å². The molecule has 4 saturated heterocycles. The number of fused-ring (bicyclic) bond motifs is 1. The van der Waals surface area contributed by atoms with E-state index in [1.807, 2.05) is 6.07 Å². The minimum atomic E-state index is -0.860. The van der Waals surface area contributed by atoms with E-state index >= 15 is 4.39 Å². The summed E-state index contributed by atoms with van der Waals surface area (Å²) in [5.41, 5.74) is 9.00. The molecule has 2 aromatic heterocycles. The quantitative estimate of drug-likeness (QED) is 0.182. The number of nitrogens with one attached hydrogen (secondary N) is 3. The lowest BCUT2D eigenvalue weighted by atomic mass is 9.94. The van der Waals surface area contributed by atoms with E-state index in [1.165, 1.54) is 24.8 Å². The summed E-state index contributed by atoms with van der Waals surface area (Å²) in [6.45, 7) is 6.43. The fraction of sp³-hybridized carbons (Fsp3) is 0.475. The second kappa shape index (κ2) is 16.2. The van der Waals surface area contributed by atoms with E-state index in [2.05, 4.69) is 57.6 Å². The van der Waals surface area contributed by atoms with E-state index in [0.717, 1.165) is 107 Å². The molecular formula is C40H48FN11O4. The van der Waals surface area contributed by atoms with Gasteiger partial charge < -0.3 is 31.1 Å². The van der Waals surface area contributed by atoms with Crippen molar-refractivity contribution in [2.45, 2.75) is 69.9 Å². The molecule has 0 radical (unpaired) electrons. The molecule has 0 saturated carbocycles. The average Bonchev–Trinajstić information content (AvgIpc) is 3.62. The maximum Gasteiger partial charge on any atom is 0.293 e. The number of carbonyl (C=O) groups excluding carboxylic acids is 4. The van der Waals surface area contributed by atoms with Crippen LogP contribution in [0, 0.1) is 11.7 Å². The van der Waals surface area contributed by atoms with Crippen LogP contribution in [0.25, 0.3) is 10.9 Å². The summed E-state index contributed by atoms with van der Waals surface area (Å²) in [6, 6.07) is 9.70. The summed E-state index contributed by atoms with van der Waals surface area (Å²) in [4.78, 5) is 64.6. The Kier molecular flexibility index (Phi) is 10.8. The Bertz CT molecular complexity index is 2120. The molecule has 0 bridgehead atoms. The van der Waals surface area contributed by atoms with Gasteiger partial charge in [0.1, 0.15) is 17.7 Å². The first-order valence-electron chi connectivity index (χ1n) is 19.8. The molecular weight excluding hydrogens is 718 g/mol. The van der Waals surface area contributed by atoms with Crippen molar-refractivity contribution in [3.63, 3.8) is 0 Å². The van der Waals surface area contributed by atoms with E-state index in [4.69, 9.17) is 10.8 Å². The van der Waals surface area contributed by atoms with E-state index in [9.17, 15) is 19.2 Å². The van der Waals surface area contributed by atoms with E-state index in [0.29, 0.717) is 11.6 Å². The molecule has 15 nitrogen and oxygen atoms in total. The molecule has 1 atom stereocenters. The third-order valence-corrected chi connectivity index (χ3v) is 11.6. The fourth-order valence-corrected chi connectivity index (χ4v) is 8.48. The van der Waals surface area contributed by atoms with Crippen molar-refractivity contribution in [2.75, 3.05) is 66.7 Å². The van der Waals surface area contributed by atoms with Crippen molar-refractivity contribution in [3.05, 3.63) is 66.0 Å². The number of nitrogens with two attached hydrogens (primary N) is 1. The van der Waals surface area contributed by atoms with Crippen LogP contribution in [0.3, 0.4) is 0 Å². The van der Waals surface area contributed by atoms with Crippen LogP contribution in [0.4, 0.5) is 27.3 Å². The van der Waals surface area contributed by atoms with Gasteiger partial charge in [0.25, 0.3) is 11.8 Å². The molecule has 56 heavy (non-hydrogen) atoms. The van der Waals surface area contributed by atoms with Gasteiger partial charge in [-0.05, 0) is 93.7 Å². The number of nitrogen functional groups attached to an aromatic ring is 1. The standard InChI is InChI=1S/C40H48FN11O4/c41-30-21-28(4-5-29(30)38(54)44-31-6-7-36(53)47-39(31)55)50-18-9-25(10-19-50)23-49-16-11-27(12-17-49)52-24-26-20-33(45-40(56)37-43-13-8-35(42)46-37)34(22-32(26)48-52)51-14-2-1-3-15-51/h4-5,8,13,20-22,24-25,27,31H,1-3,6-7,9-12,14-19,23H2,(H,44,54)(H,45,56)(H2,42,43,46)(H,47,53,55)/t31-/m0/s1. The number of rotatable bonds is 9. The van der Waals surface area contributed by atoms with Crippen molar-refractivity contribution in [2.24, 2.45) is 5.92 Å². The summed E-state index contributed by atoms with van der Waals surface area (Å²) in [7, 11) is 0. The highest BCUT2D eigenvalue weighted by atomic mass is 19.1. The minimum Gasteiger partial charge on any atom is -0.384 e. The van der Waals surface area contributed by atoms with Gasteiger partial charge in [-0.25, -0.2) is 14.4 Å². The molecule has 2 aromatic carbocycles. The lowest BCUT2D eigenvalue weighted by Gasteiger charge is -2.38. The van der Waals surface area contributed by atoms with E-state index < -0.39 is 29.6 Å². The van der Waals surface area contributed by atoms with Gasteiger partial charge in [-0.15, -0.1) is 0 Å². The maximum absolute atomic E-state index is 15.1. The highest BCUT2D eigenvalue weighted by Gasteiger charge is 2.30. The molecule has 4 aliphatic heterocycles. The van der Waals surface area contributed by atoms with Crippen LogP contribution in [0.1, 0.15) is 84.8 Å². The number of halogens is 1. The Hall–Kier alpha value is -5.64. The number of anilines is 4. The molecule has 4 aromatic rings. The summed E-state index contributed by atoms with van der Waals surface area (Å²) < 4.78 is 17.2. The van der Waals surface area contributed by atoms with Gasteiger partial charge in [0.05, 0.1) is 28.5 Å². The molecule has 4 aliphatic rings. The second-order valence-corrected chi connectivity index (χ2v) is 15.4. The molecule has 6 heterocycles. The first-order valence-corrected chi connectivity index (χ1v) is 19.8. The Morgan fingerprint density at radius 2 is 1.68 bits per heavy atom. The number of piperidine rings is 4. The fourth-order valence-electron chi connectivity index (χ4n) is 8.48. The average molecular weight is 766 g/mol. The first-order chi connectivity index (χ1) is 27.2. The number of imide groups is 1. The summed E-state index contributed by atoms with van der Waals surface area (Å²) in [5, 5.41) is 13.8. The van der Waals surface area contributed by atoms with Crippen LogP contribution in [0.2, 0.25) is 0 Å². The number of hydrogen-bond donors (Lipinski definition) is 4.